The Kier molecular flexibility index (Phi) is 4.21. The third kappa shape index (κ3) is 4.27. The molecule has 21 heavy (non-hydrogen) atoms. The van der Waals surface area contributed by atoms with E-state index in [0.717, 1.165) is 17.4 Å². The first-order chi connectivity index (χ1) is 9.87. The molecular formula is C16H18N2O3. The van der Waals surface area contributed by atoms with Gasteiger partial charge in [-0.3, -0.25) is 14.3 Å². The molecule has 0 radical (unpaired) electrons. The summed E-state index contributed by atoms with van der Waals surface area (Å²) in [5.41, 5.74) is 1.83. The van der Waals surface area contributed by atoms with E-state index in [2.05, 4.69) is 5.10 Å². The first-order valence-electron chi connectivity index (χ1n) is 6.67. The first kappa shape index (κ1) is 15.0. The molecule has 0 atom stereocenters. The van der Waals surface area contributed by atoms with Crippen LogP contribution in [0.3, 0.4) is 0 Å². The van der Waals surface area contributed by atoms with E-state index in [1.165, 1.54) is 4.68 Å². The smallest absolute Gasteiger partial charge is 0.328 e. The van der Waals surface area contributed by atoms with Gasteiger partial charge in [0.2, 0.25) is 0 Å². The van der Waals surface area contributed by atoms with Crippen molar-refractivity contribution in [3.05, 3.63) is 42.2 Å². The Morgan fingerprint density at radius 3 is 2.76 bits per heavy atom. The second kappa shape index (κ2) is 5.91. The zero-order valence-corrected chi connectivity index (χ0v) is 12.4. The van der Waals surface area contributed by atoms with Gasteiger partial charge in [-0.2, -0.15) is 5.10 Å². The number of ether oxygens (including phenoxy) is 1. The molecule has 0 saturated carbocycles. The van der Waals surface area contributed by atoms with Gasteiger partial charge in [-0.1, -0.05) is 18.2 Å². The largest absolute Gasteiger partial charge is 0.459 e. The lowest BCUT2D eigenvalue weighted by Crippen LogP contribution is -2.26. The Bertz CT molecular complexity index is 654. The van der Waals surface area contributed by atoms with Gasteiger partial charge in [0.05, 0.1) is 6.20 Å². The topological polar surface area (TPSA) is 61.2 Å². The van der Waals surface area contributed by atoms with Crippen LogP contribution in [0, 0.1) is 0 Å². The molecule has 5 heteroatoms. The number of carbonyl (C=O) groups excluding carboxylic acids is 2. The lowest BCUT2D eigenvalue weighted by atomic mass is 10.1. The van der Waals surface area contributed by atoms with E-state index in [4.69, 9.17) is 4.74 Å². The summed E-state index contributed by atoms with van der Waals surface area (Å²) in [6.45, 7) is 5.53. The fraction of sp³-hybridized carbons (Fsp3) is 0.312. The van der Waals surface area contributed by atoms with Crippen molar-refractivity contribution < 1.29 is 14.3 Å². The summed E-state index contributed by atoms with van der Waals surface area (Å²) in [6.07, 6.45) is 4.22. The number of esters is 1. The molecule has 1 aromatic heterocycles. The number of nitrogens with zero attached hydrogens (tertiary/aromatic N) is 2. The van der Waals surface area contributed by atoms with Gasteiger partial charge in [-0.25, -0.2) is 0 Å². The van der Waals surface area contributed by atoms with Crippen LogP contribution in [0.15, 0.2) is 36.7 Å². The molecule has 110 valence electrons. The van der Waals surface area contributed by atoms with Gasteiger partial charge in [0.15, 0.2) is 0 Å². The molecule has 5 nitrogen and oxygen atoms in total. The molecule has 0 fully saturated rings. The molecule has 1 heterocycles. The summed E-state index contributed by atoms with van der Waals surface area (Å²) in [5.74, 6) is -0.334. The molecule has 0 amide bonds. The normalized spacial score (nSPS) is 11.2. The molecular weight excluding hydrogens is 268 g/mol. The third-order valence-electron chi connectivity index (χ3n) is 2.70. The molecule has 0 spiro atoms. The Morgan fingerprint density at radius 2 is 2.10 bits per heavy atom. The van der Waals surface area contributed by atoms with Crippen molar-refractivity contribution in [1.29, 1.82) is 0 Å². The molecule has 0 aliphatic rings. The van der Waals surface area contributed by atoms with Crippen molar-refractivity contribution in [3.63, 3.8) is 0 Å². The van der Waals surface area contributed by atoms with Crippen LogP contribution in [0.25, 0.3) is 11.1 Å². The van der Waals surface area contributed by atoms with E-state index >= 15 is 0 Å². The van der Waals surface area contributed by atoms with Crippen molar-refractivity contribution in [2.45, 2.75) is 32.9 Å². The highest BCUT2D eigenvalue weighted by Crippen LogP contribution is 2.19. The van der Waals surface area contributed by atoms with E-state index in [0.29, 0.717) is 5.56 Å². The fourth-order valence-corrected chi connectivity index (χ4v) is 1.90. The van der Waals surface area contributed by atoms with Crippen molar-refractivity contribution in [1.82, 2.24) is 9.78 Å². The number of carbonyl (C=O) groups is 2. The lowest BCUT2D eigenvalue weighted by Gasteiger charge is -2.19. The number of hydrogen-bond donors (Lipinski definition) is 0. The van der Waals surface area contributed by atoms with Crippen molar-refractivity contribution in [2.24, 2.45) is 0 Å². The van der Waals surface area contributed by atoms with Gasteiger partial charge in [0.1, 0.15) is 18.4 Å². The zero-order valence-electron chi connectivity index (χ0n) is 12.4. The number of benzene rings is 1. The average molecular weight is 286 g/mol. The minimum absolute atomic E-state index is 0.0602. The summed E-state index contributed by atoms with van der Waals surface area (Å²) in [4.78, 5) is 22.5. The van der Waals surface area contributed by atoms with Crippen LogP contribution in [0.2, 0.25) is 0 Å². The summed E-state index contributed by atoms with van der Waals surface area (Å²) >= 11 is 0. The van der Waals surface area contributed by atoms with Gasteiger partial charge >= 0.3 is 5.97 Å². The van der Waals surface area contributed by atoms with Crippen molar-refractivity contribution >= 4 is 12.3 Å². The highest BCUT2D eigenvalue weighted by molar-refractivity contribution is 5.78. The van der Waals surface area contributed by atoms with Crippen molar-refractivity contribution in [2.75, 3.05) is 0 Å². The second-order valence-electron chi connectivity index (χ2n) is 5.76. The van der Waals surface area contributed by atoms with Crippen LogP contribution in [0.1, 0.15) is 31.1 Å². The van der Waals surface area contributed by atoms with Crippen LogP contribution >= 0.6 is 0 Å². The SMILES string of the molecule is CC(C)(C)OC(=O)Cn1cc(-c2cccc(C=O)c2)cn1. The minimum atomic E-state index is -0.509. The Labute approximate surface area is 123 Å². The van der Waals surface area contributed by atoms with E-state index in [-0.39, 0.29) is 12.5 Å². The van der Waals surface area contributed by atoms with E-state index < -0.39 is 5.60 Å². The monoisotopic (exact) mass is 286 g/mol. The molecule has 2 rings (SSSR count). The number of aromatic nitrogens is 2. The maximum absolute atomic E-state index is 11.7. The average Bonchev–Trinajstić information content (AvgIpc) is 2.85. The predicted molar refractivity (Wildman–Crippen MR) is 78.9 cm³/mol. The molecule has 0 aliphatic heterocycles. The van der Waals surface area contributed by atoms with E-state index in [1.54, 1.807) is 24.5 Å². The highest BCUT2D eigenvalue weighted by Gasteiger charge is 2.16. The van der Waals surface area contributed by atoms with Crippen LogP contribution in [-0.2, 0) is 16.1 Å². The third-order valence-corrected chi connectivity index (χ3v) is 2.70. The predicted octanol–water partition coefficient (Wildman–Crippen LogP) is 2.70. The van der Waals surface area contributed by atoms with Crippen LogP contribution < -0.4 is 0 Å². The number of aldehydes is 1. The summed E-state index contributed by atoms with van der Waals surface area (Å²) in [7, 11) is 0. The molecule has 0 N–H and O–H groups in total. The first-order valence-corrected chi connectivity index (χ1v) is 6.67. The van der Waals surface area contributed by atoms with Crippen LogP contribution in [0.4, 0.5) is 0 Å². The maximum Gasteiger partial charge on any atom is 0.328 e. The number of hydrogen-bond acceptors (Lipinski definition) is 4. The van der Waals surface area contributed by atoms with Gasteiger partial charge in [-0.05, 0) is 32.4 Å². The standard InChI is InChI=1S/C16H18N2O3/c1-16(2,3)21-15(20)10-18-9-14(8-17-18)13-6-4-5-12(7-13)11-19/h4-9,11H,10H2,1-3H3. The van der Waals surface area contributed by atoms with Gasteiger partial charge in [0.25, 0.3) is 0 Å². The van der Waals surface area contributed by atoms with E-state index in [9.17, 15) is 9.59 Å². The van der Waals surface area contributed by atoms with Gasteiger partial charge < -0.3 is 4.74 Å². The van der Waals surface area contributed by atoms with Crippen molar-refractivity contribution in [3.8, 4) is 11.1 Å². The highest BCUT2D eigenvalue weighted by atomic mass is 16.6. The Hall–Kier alpha value is -2.43. The number of rotatable bonds is 4. The molecule has 0 saturated heterocycles. The second-order valence-corrected chi connectivity index (χ2v) is 5.76. The summed E-state index contributed by atoms with van der Waals surface area (Å²) in [6, 6.07) is 7.22. The van der Waals surface area contributed by atoms with E-state index in [1.807, 2.05) is 32.9 Å². The lowest BCUT2D eigenvalue weighted by molar-refractivity contribution is -0.155. The van der Waals surface area contributed by atoms with Gasteiger partial charge in [0, 0.05) is 17.3 Å². The summed E-state index contributed by atoms with van der Waals surface area (Å²) in [5, 5.41) is 4.15. The van der Waals surface area contributed by atoms with Crippen LogP contribution in [-0.4, -0.2) is 27.6 Å². The zero-order chi connectivity index (χ0) is 15.5. The Balaban J connectivity index is 2.11. The molecule has 0 unspecified atom stereocenters. The Morgan fingerprint density at radius 1 is 1.33 bits per heavy atom. The van der Waals surface area contributed by atoms with Gasteiger partial charge in [-0.15, -0.1) is 0 Å². The summed E-state index contributed by atoms with van der Waals surface area (Å²) < 4.78 is 6.77. The maximum atomic E-state index is 11.7. The molecule has 0 bridgehead atoms. The molecule has 2 aromatic rings. The fourth-order valence-electron chi connectivity index (χ4n) is 1.90. The van der Waals surface area contributed by atoms with Crippen LogP contribution in [0.5, 0.6) is 0 Å². The quantitative estimate of drug-likeness (QED) is 0.640. The molecule has 1 aromatic carbocycles. The minimum Gasteiger partial charge on any atom is -0.459 e. The molecule has 0 aliphatic carbocycles.